The maximum Gasteiger partial charge on any atom is 0.309 e. The van der Waals surface area contributed by atoms with Crippen LogP contribution in [0.1, 0.15) is 50.5 Å². The minimum atomic E-state index is -0.474. The summed E-state index contributed by atoms with van der Waals surface area (Å²) in [5.41, 5.74) is 1.11. The third-order valence-corrected chi connectivity index (χ3v) is 6.51. The van der Waals surface area contributed by atoms with Crippen LogP contribution in [0, 0.1) is 11.8 Å². The number of esters is 1. The number of likely N-dealkylation sites (tertiary alicyclic amines) is 1. The number of hydrogen-bond acceptors (Lipinski definition) is 5. The van der Waals surface area contributed by atoms with Crippen LogP contribution in [0.4, 0.5) is 0 Å². The van der Waals surface area contributed by atoms with E-state index in [1.807, 2.05) is 42.5 Å². The van der Waals surface area contributed by atoms with Crippen LogP contribution < -0.4 is 5.32 Å². The average Bonchev–Trinajstić information content (AvgIpc) is 3.31. The van der Waals surface area contributed by atoms with Crippen LogP contribution in [0.2, 0.25) is 0 Å². The van der Waals surface area contributed by atoms with Gasteiger partial charge in [0.15, 0.2) is 0 Å². The first kappa shape index (κ1) is 25.0. The first-order valence-electron chi connectivity index (χ1n) is 12.1. The molecule has 0 radical (unpaired) electrons. The standard InChI is InChI=1S/C26H36N2O5/c29-19-23-13-8-15-28(23)24(30)18-21-11-6-1-2-7-12-22(17-20-9-4-3-5-10-20)26(32)33-16-14-27-25(21)31/h1,3-6,9-10,21-23,29H,2,7-8,11-19H2,(H,27,31)/t21-,22-,23+/m1/s1. The van der Waals surface area contributed by atoms with Gasteiger partial charge < -0.3 is 20.1 Å². The fraction of sp³-hybridized carbons (Fsp3) is 0.577. The highest BCUT2D eigenvalue weighted by molar-refractivity contribution is 5.86. The van der Waals surface area contributed by atoms with E-state index in [-0.39, 0.29) is 55.9 Å². The second-order valence-corrected chi connectivity index (χ2v) is 8.95. The van der Waals surface area contributed by atoms with E-state index in [0.717, 1.165) is 37.7 Å². The molecule has 0 bridgehead atoms. The lowest BCUT2D eigenvalue weighted by Crippen LogP contribution is -2.41. The monoisotopic (exact) mass is 456 g/mol. The van der Waals surface area contributed by atoms with E-state index in [1.54, 1.807) is 4.90 Å². The molecule has 2 aliphatic heterocycles. The summed E-state index contributed by atoms with van der Waals surface area (Å²) in [6.45, 7) is 0.929. The van der Waals surface area contributed by atoms with Gasteiger partial charge in [0, 0.05) is 13.0 Å². The second-order valence-electron chi connectivity index (χ2n) is 8.95. The summed E-state index contributed by atoms with van der Waals surface area (Å²) >= 11 is 0. The van der Waals surface area contributed by atoms with Gasteiger partial charge in [0.25, 0.3) is 0 Å². The zero-order valence-electron chi connectivity index (χ0n) is 19.3. The van der Waals surface area contributed by atoms with E-state index in [2.05, 4.69) is 5.32 Å². The molecule has 1 aromatic rings. The molecule has 0 aliphatic carbocycles. The van der Waals surface area contributed by atoms with E-state index in [4.69, 9.17) is 4.74 Å². The Morgan fingerprint density at radius 1 is 1.09 bits per heavy atom. The van der Waals surface area contributed by atoms with Crippen molar-refractivity contribution in [1.29, 1.82) is 0 Å². The summed E-state index contributed by atoms with van der Waals surface area (Å²) in [6, 6.07) is 9.79. The van der Waals surface area contributed by atoms with E-state index in [9.17, 15) is 19.5 Å². The summed E-state index contributed by atoms with van der Waals surface area (Å²) in [5, 5.41) is 12.3. The van der Waals surface area contributed by atoms with E-state index in [0.29, 0.717) is 19.4 Å². The number of ether oxygens (including phenoxy) is 1. The maximum absolute atomic E-state index is 12.8. The van der Waals surface area contributed by atoms with Crippen molar-refractivity contribution in [2.45, 2.75) is 57.4 Å². The molecule has 2 aliphatic rings. The number of rotatable bonds is 5. The van der Waals surface area contributed by atoms with Crippen molar-refractivity contribution in [3.8, 4) is 0 Å². The zero-order chi connectivity index (χ0) is 23.5. The summed E-state index contributed by atoms with van der Waals surface area (Å²) in [6.07, 6.45) is 9.34. The Morgan fingerprint density at radius 3 is 2.70 bits per heavy atom. The highest BCUT2D eigenvalue weighted by Crippen LogP contribution is 2.22. The lowest BCUT2D eigenvalue weighted by atomic mass is 9.93. The van der Waals surface area contributed by atoms with Gasteiger partial charge in [-0.3, -0.25) is 14.4 Å². The summed E-state index contributed by atoms with van der Waals surface area (Å²) in [7, 11) is 0. The van der Waals surface area contributed by atoms with Gasteiger partial charge in [0.2, 0.25) is 11.8 Å². The summed E-state index contributed by atoms with van der Waals surface area (Å²) in [4.78, 5) is 39.9. The molecule has 2 N–H and O–H groups in total. The van der Waals surface area contributed by atoms with Gasteiger partial charge in [0.1, 0.15) is 6.61 Å². The minimum Gasteiger partial charge on any atom is -0.464 e. The van der Waals surface area contributed by atoms with E-state index < -0.39 is 5.92 Å². The van der Waals surface area contributed by atoms with Crippen LogP contribution in [0.15, 0.2) is 42.5 Å². The lowest BCUT2D eigenvalue weighted by molar-refractivity contribution is -0.149. The number of amides is 2. The molecule has 2 amide bonds. The molecular weight excluding hydrogens is 420 g/mol. The normalized spacial score (nSPS) is 25.2. The Bertz CT molecular complexity index is 810. The van der Waals surface area contributed by atoms with Gasteiger partial charge in [-0.15, -0.1) is 0 Å². The van der Waals surface area contributed by atoms with Crippen LogP contribution in [0.5, 0.6) is 0 Å². The number of cyclic esters (lactones) is 1. The predicted octanol–water partition coefficient (Wildman–Crippen LogP) is 2.62. The molecule has 3 rings (SSSR count). The Balaban J connectivity index is 1.58. The van der Waals surface area contributed by atoms with Crippen molar-refractivity contribution in [2.75, 3.05) is 26.3 Å². The number of nitrogens with zero attached hydrogens (tertiary/aromatic N) is 1. The number of benzene rings is 1. The molecule has 33 heavy (non-hydrogen) atoms. The molecule has 7 heteroatoms. The number of carbonyl (C=O) groups excluding carboxylic acids is 3. The number of nitrogens with one attached hydrogen (secondary N) is 1. The highest BCUT2D eigenvalue weighted by atomic mass is 16.5. The fourth-order valence-electron chi connectivity index (χ4n) is 4.62. The molecular formula is C26H36N2O5. The topological polar surface area (TPSA) is 95.9 Å². The van der Waals surface area contributed by atoms with Crippen LogP contribution in [0.3, 0.4) is 0 Å². The smallest absolute Gasteiger partial charge is 0.309 e. The minimum absolute atomic E-state index is 0.0425. The Hall–Kier alpha value is -2.67. The number of aliphatic hydroxyl groups excluding tert-OH is 1. The zero-order valence-corrected chi connectivity index (χ0v) is 19.3. The fourth-order valence-corrected chi connectivity index (χ4v) is 4.62. The molecule has 0 saturated carbocycles. The molecule has 1 saturated heterocycles. The van der Waals surface area contributed by atoms with Crippen molar-refractivity contribution >= 4 is 17.8 Å². The number of aliphatic hydroxyl groups is 1. The van der Waals surface area contributed by atoms with E-state index in [1.165, 1.54) is 0 Å². The predicted molar refractivity (Wildman–Crippen MR) is 125 cm³/mol. The van der Waals surface area contributed by atoms with Crippen molar-refractivity contribution in [1.82, 2.24) is 10.2 Å². The molecule has 2 heterocycles. The third-order valence-electron chi connectivity index (χ3n) is 6.51. The number of carbonyl (C=O) groups is 3. The highest BCUT2D eigenvalue weighted by Gasteiger charge is 2.31. The molecule has 3 atom stereocenters. The summed E-state index contributed by atoms with van der Waals surface area (Å²) in [5.74, 6) is -1.20. The molecule has 1 fully saturated rings. The van der Waals surface area contributed by atoms with Gasteiger partial charge >= 0.3 is 5.97 Å². The van der Waals surface area contributed by atoms with Gasteiger partial charge in [-0.1, -0.05) is 42.5 Å². The second kappa shape index (κ2) is 13.1. The Morgan fingerprint density at radius 2 is 1.91 bits per heavy atom. The average molecular weight is 457 g/mol. The van der Waals surface area contributed by atoms with Gasteiger partial charge in [-0.2, -0.15) is 0 Å². The first-order chi connectivity index (χ1) is 16.1. The lowest BCUT2D eigenvalue weighted by Gasteiger charge is -2.25. The van der Waals surface area contributed by atoms with Crippen molar-refractivity contribution < 1.29 is 24.2 Å². The number of allylic oxidation sites excluding steroid dienone is 2. The van der Waals surface area contributed by atoms with Crippen LogP contribution in [-0.2, 0) is 25.5 Å². The molecule has 0 spiro atoms. The van der Waals surface area contributed by atoms with Gasteiger partial charge in [-0.05, 0) is 50.5 Å². The quantitative estimate of drug-likeness (QED) is 0.525. The first-order valence-corrected chi connectivity index (χ1v) is 12.1. The molecule has 7 nitrogen and oxygen atoms in total. The van der Waals surface area contributed by atoms with Crippen molar-refractivity contribution in [3.63, 3.8) is 0 Å². The third kappa shape index (κ3) is 7.70. The van der Waals surface area contributed by atoms with Gasteiger partial charge in [0.05, 0.1) is 31.0 Å². The number of hydrogen-bond donors (Lipinski definition) is 2. The molecule has 180 valence electrons. The van der Waals surface area contributed by atoms with Gasteiger partial charge in [-0.25, -0.2) is 0 Å². The molecule has 0 unspecified atom stereocenters. The Labute approximate surface area is 196 Å². The maximum atomic E-state index is 12.8. The van der Waals surface area contributed by atoms with Crippen molar-refractivity contribution in [3.05, 3.63) is 48.0 Å². The van der Waals surface area contributed by atoms with Crippen molar-refractivity contribution in [2.24, 2.45) is 11.8 Å². The summed E-state index contributed by atoms with van der Waals surface area (Å²) < 4.78 is 5.47. The van der Waals surface area contributed by atoms with Crippen LogP contribution >= 0.6 is 0 Å². The van der Waals surface area contributed by atoms with E-state index >= 15 is 0 Å². The molecule has 1 aromatic carbocycles. The molecule has 0 aromatic heterocycles. The van der Waals surface area contributed by atoms with Crippen LogP contribution in [-0.4, -0.2) is 60.1 Å². The van der Waals surface area contributed by atoms with Crippen LogP contribution in [0.25, 0.3) is 0 Å². The SMILES string of the molecule is O=C1NCCOC(=O)[C@@H](Cc2ccccc2)CCCC=CC[C@@H]1CC(=O)N1CCC[C@H]1CO. The largest absolute Gasteiger partial charge is 0.464 e. The Kier molecular flexibility index (Phi) is 9.94.